The zero-order valence-corrected chi connectivity index (χ0v) is 16.1. The van der Waals surface area contributed by atoms with E-state index >= 15 is 0 Å². The number of aryl methyl sites for hydroxylation is 2. The molecule has 3 rings (SSSR count). The monoisotopic (exact) mass is 381 g/mol. The second kappa shape index (κ2) is 8.27. The van der Waals surface area contributed by atoms with Crippen LogP contribution < -0.4 is 15.7 Å². The molecule has 2 aromatic carbocycles. The lowest BCUT2D eigenvalue weighted by Gasteiger charge is -2.17. The van der Waals surface area contributed by atoms with Crippen LogP contribution in [0, 0.1) is 20.8 Å². The van der Waals surface area contributed by atoms with Crippen molar-refractivity contribution in [3.63, 3.8) is 0 Å². The number of nitrogens with one attached hydrogen (secondary N) is 1. The number of fused-ring (bicyclic) bond motifs is 1. The van der Waals surface area contributed by atoms with Crippen molar-refractivity contribution in [2.24, 2.45) is 0 Å². The van der Waals surface area contributed by atoms with E-state index in [4.69, 9.17) is 9.15 Å². The van der Waals surface area contributed by atoms with Crippen molar-refractivity contribution in [1.29, 1.82) is 0 Å². The molecule has 146 valence electrons. The Morgan fingerprint density at radius 2 is 1.79 bits per heavy atom. The molecule has 28 heavy (non-hydrogen) atoms. The van der Waals surface area contributed by atoms with Gasteiger partial charge in [-0.25, -0.2) is 4.79 Å². The fourth-order valence-corrected chi connectivity index (χ4v) is 3.08. The summed E-state index contributed by atoms with van der Waals surface area (Å²) >= 11 is 0. The number of aliphatic hydroxyl groups is 1. The molecule has 6 heteroatoms. The van der Waals surface area contributed by atoms with Gasteiger partial charge in [0.1, 0.15) is 11.3 Å². The molecule has 0 aliphatic heterocycles. The molecule has 0 unspecified atom stereocenters. The number of aliphatic hydroxyl groups excluding tert-OH is 1. The summed E-state index contributed by atoms with van der Waals surface area (Å²) in [5.41, 5.74) is 3.00. The highest BCUT2D eigenvalue weighted by molar-refractivity contribution is 5.85. The molecule has 1 heterocycles. The molecule has 0 aliphatic carbocycles. The third-order valence-electron chi connectivity index (χ3n) is 4.90. The van der Waals surface area contributed by atoms with Crippen molar-refractivity contribution in [2.75, 3.05) is 13.2 Å². The van der Waals surface area contributed by atoms with E-state index < -0.39 is 6.04 Å². The van der Waals surface area contributed by atoms with E-state index in [1.807, 2.05) is 43.3 Å². The Bertz CT molecular complexity index is 1060. The van der Waals surface area contributed by atoms with Crippen molar-refractivity contribution in [2.45, 2.75) is 26.8 Å². The lowest BCUT2D eigenvalue weighted by molar-refractivity contribution is -0.124. The van der Waals surface area contributed by atoms with Crippen LogP contribution in [0.2, 0.25) is 0 Å². The minimum Gasteiger partial charge on any atom is -0.483 e. The standard InChI is InChI=1S/C22H23NO5/c1-13-14(2)22(26)28-21-15(3)19(10-9-17(13)21)27-12-20(25)23-18(11-24)16-7-5-4-6-8-16/h4-10,18,24H,11-12H2,1-3H3,(H,23,25)/t18-/m1/s1. The Labute approximate surface area is 162 Å². The molecule has 1 aromatic heterocycles. The number of hydrogen-bond acceptors (Lipinski definition) is 5. The van der Waals surface area contributed by atoms with Crippen LogP contribution in [0.1, 0.15) is 28.3 Å². The van der Waals surface area contributed by atoms with Crippen LogP contribution in [0.3, 0.4) is 0 Å². The summed E-state index contributed by atoms with van der Waals surface area (Å²) in [6, 6.07) is 12.3. The highest BCUT2D eigenvalue weighted by Gasteiger charge is 2.16. The summed E-state index contributed by atoms with van der Waals surface area (Å²) < 4.78 is 11.1. The van der Waals surface area contributed by atoms with Crippen LogP contribution in [0.25, 0.3) is 11.0 Å². The minimum absolute atomic E-state index is 0.214. The maximum Gasteiger partial charge on any atom is 0.339 e. The Morgan fingerprint density at radius 1 is 1.07 bits per heavy atom. The quantitative estimate of drug-likeness (QED) is 0.641. The summed E-state index contributed by atoms with van der Waals surface area (Å²) in [7, 11) is 0. The van der Waals surface area contributed by atoms with E-state index in [-0.39, 0.29) is 24.7 Å². The molecule has 0 saturated carbocycles. The average Bonchev–Trinajstić information content (AvgIpc) is 2.71. The third kappa shape index (κ3) is 3.92. The SMILES string of the molecule is Cc1c(C)c2ccc(OCC(=O)N[C@H](CO)c3ccccc3)c(C)c2oc1=O. The van der Waals surface area contributed by atoms with Gasteiger partial charge in [-0.3, -0.25) is 4.79 Å². The predicted molar refractivity (Wildman–Crippen MR) is 107 cm³/mol. The third-order valence-corrected chi connectivity index (χ3v) is 4.90. The molecule has 6 nitrogen and oxygen atoms in total. The van der Waals surface area contributed by atoms with Crippen molar-refractivity contribution in [3.8, 4) is 5.75 Å². The zero-order chi connectivity index (χ0) is 20.3. The van der Waals surface area contributed by atoms with Gasteiger partial charge in [0, 0.05) is 16.5 Å². The molecule has 1 atom stereocenters. The first kappa shape index (κ1) is 19.6. The summed E-state index contributed by atoms with van der Waals surface area (Å²) in [5.74, 6) is 0.109. The van der Waals surface area contributed by atoms with Crippen LogP contribution in [0.5, 0.6) is 5.75 Å². The fraction of sp³-hybridized carbons (Fsp3) is 0.273. The van der Waals surface area contributed by atoms with Gasteiger partial charge in [-0.2, -0.15) is 0 Å². The van der Waals surface area contributed by atoms with Gasteiger partial charge in [-0.1, -0.05) is 30.3 Å². The molecule has 2 N–H and O–H groups in total. The lowest BCUT2D eigenvalue weighted by Crippen LogP contribution is -2.34. The highest BCUT2D eigenvalue weighted by Crippen LogP contribution is 2.29. The van der Waals surface area contributed by atoms with Crippen LogP contribution in [-0.2, 0) is 4.79 Å². The summed E-state index contributed by atoms with van der Waals surface area (Å²) in [5, 5.41) is 13.1. The van der Waals surface area contributed by atoms with Crippen LogP contribution in [-0.4, -0.2) is 24.2 Å². The molecule has 0 saturated heterocycles. The molecule has 0 aliphatic rings. The number of amides is 1. The summed E-state index contributed by atoms with van der Waals surface area (Å²) in [6.07, 6.45) is 0. The molecule has 0 radical (unpaired) electrons. The van der Waals surface area contributed by atoms with Gasteiger partial charge in [-0.15, -0.1) is 0 Å². The molecule has 0 fully saturated rings. The largest absolute Gasteiger partial charge is 0.483 e. The van der Waals surface area contributed by atoms with E-state index in [0.717, 1.165) is 16.5 Å². The zero-order valence-electron chi connectivity index (χ0n) is 16.1. The number of hydrogen-bond donors (Lipinski definition) is 2. The number of benzene rings is 2. The van der Waals surface area contributed by atoms with Crippen LogP contribution in [0.4, 0.5) is 0 Å². The van der Waals surface area contributed by atoms with Gasteiger partial charge in [0.25, 0.3) is 5.91 Å². The van der Waals surface area contributed by atoms with Gasteiger partial charge in [0.15, 0.2) is 6.61 Å². The predicted octanol–water partition coefficient (Wildman–Crippen LogP) is 2.95. The van der Waals surface area contributed by atoms with Gasteiger partial charge >= 0.3 is 5.63 Å². The number of carbonyl (C=O) groups excluding carboxylic acids is 1. The second-order valence-corrected chi connectivity index (χ2v) is 6.71. The molecule has 1 amide bonds. The maximum atomic E-state index is 12.3. The first-order valence-corrected chi connectivity index (χ1v) is 9.04. The topological polar surface area (TPSA) is 88.8 Å². The number of ether oxygens (including phenoxy) is 1. The van der Waals surface area contributed by atoms with Crippen LogP contribution >= 0.6 is 0 Å². The Kier molecular flexibility index (Phi) is 5.80. The number of rotatable bonds is 6. The Morgan fingerprint density at radius 3 is 2.46 bits per heavy atom. The Hall–Kier alpha value is -3.12. The van der Waals surface area contributed by atoms with Gasteiger partial charge in [-0.05, 0) is 44.0 Å². The van der Waals surface area contributed by atoms with Crippen molar-refractivity contribution in [3.05, 3.63) is 75.1 Å². The van der Waals surface area contributed by atoms with E-state index in [0.29, 0.717) is 22.5 Å². The molecular weight excluding hydrogens is 358 g/mol. The number of carbonyl (C=O) groups is 1. The van der Waals surface area contributed by atoms with Gasteiger partial charge in [0.05, 0.1) is 12.6 Å². The van der Waals surface area contributed by atoms with Crippen molar-refractivity contribution >= 4 is 16.9 Å². The molecule has 0 spiro atoms. The van der Waals surface area contributed by atoms with Crippen molar-refractivity contribution < 1.29 is 19.1 Å². The van der Waals surface area contributed by atoms with E-state index in [1.165, 1.54) is 0 Å². The second-order valence-electron chi connectivity index (χ2n) is 6.71. The van der Waals surface area contributed by atoms with Gasteiger partial charge in [0.2, 0.25) is 0 Å². The average molecular weight is 381 g/mol. The normalized spacial score (nSPS) is 12.0. The molecular formula is C22H23NO5. The first-order valence-electron chi connectivity index (χ1n) is 9.04. The van der Waals surface area contributed by atoms with Crippen molar-refractivity contribution in [1.82, 2.24) is 5.32 Å². The summed E-state index contributed by atoms with van der Waals surface area (Å²) in [6.45, 7) is 4.96. The van der Waals surface area contributed by atoms with Gasteiger partial charge < -0.3 is 19.6 Å². The molecule has 3 aromatic rings. The minimum atomic E-state index is -0.501. The van der Waals surface area contributed by atoms with E-state index in [9.17, 15) is 14.7 Å². The van der Waals surface area contributed by atoms with E-state index in [2.05, 4.69) is 5.32 Å². The summed E-state index contributed by atoms with van der Waals surface area (Å²) in [4.78, 5) is 24.2. The smallest absolute Gasteiger partial charge is 0.339 e. The first-order chi connectivity index (χ1) is 13.4. The van der Waals surface area contributed by atoms with Crippen LogP contribution in [0.15, 0.2) is 51.7 Å². The lowest BCUT2D eigenvalue weighted by atomic mass is 10.0. The molecule has 0 bridgehead atoms. The fourth-order valence-electron chi connectivity index (χ4n) is 3.08. The Balaban J connectivity index is 1.74. The maximum absolute atomic E-state index is 12.3. The highest BCUT2D eigenvalue weighted by atomic mass is 16.5. The van der Waals surface area contributed by atoms with E-state index in [1.54, 1.807) is 19.9 Å².